The Hall–Kier alpha value is -1.01. The molecule has 0 saturated carbocycles. The molecule has 1 atom stereocenters. The fourth-order valence-electron chi connectivity index (χ4n) is 1.29. The normalized spacial score (nSPS) is 19.3. The van der Waals surface area contributed by atoms with Gasteiger partial charge >= 0.3 is 0 Å². The van der Waals surface area contributed by atoms with Crippen LogP contribution in [0, 0.1) is 0 Å². The minimum absolute atomic E-state index is 0.143. The van der Waals surface area contributed by atoms with Gasteiger partial charge in [0.15, 0.2) is 0 Å². The number of nitrogens with one attached hydrogen (secondary N) is 2. The lowest BCUT2D eigenvalue weighted by Crippen LogP contribution is -2.38. The molecule has 0 spiro atoms. The molecule has 2 N–H and O–H groups in total. The quantitative estimate of drug-likeness (QED) is 0.880. The fraction of sp³-hybridized carbons (Fsp3) is 0.200. The molecule has 2 rings (SSSR count). The van der Waals surface area contributed by atoms with Crippen molar-refractivity contribution in [3.8, 4) is 0 Å². The molecule has 1 heterocycles. The second-order valence-corrected chi connectivity index (χ2v) is 5.20. The zero-order chi connectivity index (χ0) is 11.5. The maximum atomic E-state index is 11.7. The molecule has 16 heavy (non-hydrogen) atoms. The van der Waals surface area contributed by atoms with Gasteiger partial charge in [0.1, 0.15) is 6.04 Å². The molecular weight excluding hydrogens is 292 g/mol. The minimum Gasteiger partial charge on any atom is -0.334 e. The van der Waals surface area contributed by atoms with E-state index < -0.39 is 6.04 Å². The minimum atomic E-state index is -0.429. The van der Waals surface area contributed by atoms with Gasteiger partial charge in [-0.25, -0.2) is 0 Å². The van der Waals surface area contributed by atoms with Crippen LogP contribution in [-0.2, 0) is 4.79 Å². The summed E-state index contributed by atoms with van der Waals surface area (Å²) in [5.74, 6) is 0.307. The number of hydrogen-bond acceptors (Lipinski definition) is 3. The highest BCUT2D eigenvalue weighted by atomic mass is 79.9. The third-order valence-electron chi connectivity index (χ3n) is 2.10. The summed E-state index contributed by atoms with van der Waals surface area (Å²) in [5.41, 5.74) is 0.722. The fourth-order valence-corrected chi connectivity index (χ4v) is 2.33. The largest absolute Gasteiger partial charge is 0.334 e. The number of hydrogen-bond donors (Lipinski definition) is 2. The Balaban J connectivity index is 1.97. The molecular formula is C10H9BrN2O2S. The smallest absolute Gasteiger partial charge is 0.279 e. The number of amides is 2. The third-order valence-corrected chi connectivity index (χ3v) is 3.51. The van der Waals surface area contributed by atoms with Gasteiger partial charge in [-0.1, -0.05) is 27.7 Å². The molecule has 2 amide bonds. The Morgan fingerprint density at radius 2 is 2.12 bits per heavy atom. The van der Waals surface area contributed by atoms with Crippen molar-refractivity contribution in [3.63, 3.8) is 0 Å². The van der Waals surface area contributed by atoms with Crippen molar-refractivity contribution in [2.45, 2.75) is 6.04 Å². The van der Waals surface area contributed by atoms with Crippen molar-refractivity contribution < 1.29 is 9.59 Å². The SMILES string of the molecule is O=C1NC(C(=O)Nc2ccc(Br)cc2)CS1. The molecule has 1 saturated heterocycles. The van der Waals surface area contributed by atoms with Crippen LogP contribution in [0.4, 0.5) is 10.5 Å². The predicted octanol–water partition coefficient (Wildman–Crippen LogP) is 2.21. The zero-order valence-corrected chi connectivity index (χ0v) is 10.6. The predicted molar refractivity (Wildman–Crippen MR) is 67.5 cm³/mol. The highest BCUT2D eigenvalue weighted by Crippen LogP contribution is 2.17. The van der Waals surface area contributed by atoms with Gasteiger partial charge < -0.3 is 10.6 Å². The molecule has 0 aromatic heterocycles. The maximum absolute atomic E-state index is 11.7. The highest BCUT2D eigenvalue weighted by molar-refractivity contribution is 9.10. The van der Waals surface area contributed by atoms with E-state index in [4.69, 9.17) is 0 Å². The number of halogens is 1. The molecule has 0 bridgehead atoms. The van der Waals surface area contributed by atoms with Gasteiger partial charge in [0.2, 0.25) is 5.91 Å². The van der Waals surface area contributed by atoms with Gasteiger partial charge in [-0.05, 0) is 24.3 Å². The van der Waals surface area contributed by atoms with Crippen molar-refractivity contribution in [2.24, 2.45) is 0 Å². The molecule has 1 fully saturated rings. The van der Waals surface area contributed by atoms with Crippen LogP contribution < -0.4 is 10.6 Å². The summed E-state index contributed by atoms with van der Waals surface area (Å²) >= 11 is 4.44. The Bertz CT molecular complexity index is 421. The van der Waals surface area contributed by atoms with Gasteiger partial charge in [-0.2, -0.15) is 0 Å². The van der Waals surface area contributed by atoms with E-state index in [2.05, 4.69) is 26.6 Å². The van der Waals surface area contributed by atoms with Crippen LogP contribution in [0.25, 0.3) is 0 Å². The maximum Gasteiger partial charge on any atom is 0.279 e. The van der Waals surface area contributed by atoms with Gasteiger partial charge in [0.05, 0.1) is 0 Å². The second kappa shape index (κ2) is 4.88. The zero-order valence-electron chi connectivity index (χ0n) is 8.20. The van der Waals surface area contributed by atoms with Gasteiger partial charge in [-0.3, -0.25) is 9.59 Å². The average Bonchev–Trinajstić information content (AvgIpc) is 2.68. The van der Waals surface area contributed by atoms with E-state index in [-0.39, 0.29) is 11.1 Å². The lowest BCUT2D eigenvalue weighted by Gasteiger charge is -2.09. The van der Waals surface area contributed by atoms with E-state index in [0.717, 1.165) is 21.9 Å². The van der Waals surface area contributed by atoms with Crippen molar-refractivity contribution in [1.29, 1.82) is 0 Å². The lowest BCUT2D eigenvalue weighted by atomic mass is 10.3. The van der Waals surface area contributed by atoms with Crippen LogP contribution in [-0.4, -0.2) is 22.9 Å². The summed E-state index contributed by atoms with van der Waals surface area (Å²) in [6.07, 6.45) is 0. The van der Waals surface area contributed by atoms with Crippen LogP contribution in [0.1, 0.15) is 0 Å². The number of rotatable bonds is 2. The molecule has 1 aromatic carbocycles. The monoisotopic (exact) mass is 300 g/mol. The summed E-state index contributed by atoms with van der Waals surface area (Å²) < 4.78 is 0.954. The highest BCUT2D eigenvalue weighted by Gasteiger charge is 2.27. The molecule has 1 aliphatic rings. The molecule has 0 radical (unpaired) electrons. The Morgan fingerprint density at radius 1 is 1.44 bits per heavy atom. The summed E-state index contributed by atoms with van der Waals surface area (Å²) in [6, 6.07) is 6.86. The molecule has 1 unspecified atom stereocenters. The second-order valence-electron chi connectivity index (χ2n) is 3.29. The number of benzene rings is 1. The third kappa shape index (κ3) is 2.76. The molecule has 84 valence electrons. The van der Waals surface area contributed by atoms with Crippen molar-refractivity contribution in [2.75, 3.05) is 11.1 Å². The molecule has 6 heteroatoms. The number of carbonyl (C=O) groups excluding carboxylic acids is 2. The van der Waals surface area contributed by atoms with E-state index in [1.54, 1.807) is 12.1 Å². The Morgan fingerprint density at radius 3 is 2.69 bits per heavy atom. The van der Waals surface area contributed by atoms with E-state index >= 15 is 0 Å². The van der Waals surface area contributed by atoms with Gasteiger partial charge in [-0.15, -0.1) is 0 Å². The summed E-state index contributed by atoms with van der Waals surface area (Å²) in [5, 5.41) is 5.19. The van der Waals surface area contributed by atoms with Crippen molar-refractivity contribution in [1.82, 2.24) is 5.32 Å². The summed E-state index contributed by atoms with van der Waals surface area (Å²) in [4.78, 5) is 22.6. The van der Waals surface area contributed by atoms with Crippen LogP contribution in [0.5, 0.6) is 0 Å². The van der Waals surface area contributed by atoms with E-state index in [1.807, 2.05) is 12.1 Å². The molecule has 0 aliphatic carbocycles. The van der Waals surface area contributed by atoms with E-state index in [9.17, 15) is 9.59 Å². The number of anilines is 1. The first-order valence-corrected chi connectivity index (χ1v) is 6.43. The van der Waals surface area contributed by atoms with Crippen molar-refractivity contribution in [3.05, 3.63) is 28.7 Å². The molecule has 1 aliphatic heterocycles. The average molecular weight is 301 g/mol. The Kier molecular flexibility index (Phi) is 3.50. The van der Waals surface area contributed by atoms with Gasteiger partial charge in [0.25, 0.3) is 5.24 Å². The number of carbonyl (C=O) groups is 2. The van der Waals surface area contributed by atoms with Crippen LogP contribution in [0.15, 0.2) is 28.7 Å². The standard InChI is InChI=1S/C10H9BrN2O2S/c11-6-1-3-7(4-2-6)12-9(14)8-5-16-10(15)13-8/h1-4,8H,5H2,(H,12,14)(H,13,15). The van der Waals surface area contributed by atoms with Crippen LogP contribution >= 0.6 is 27.7 Å². The first-order valence-electron chi connectivity index (χ1n) is 4.65. The molecule has 4 nitrogen and oxygen atoms in total. The summed E-state index contributed by atoms with van der Waals surface area (Å²) in [6.45, 7) is 0. The molecule has 1 aromatic rings. The summed E-state index contributed by atoms with van der Waals surface area (Å²) in [7, 11) is 0. The topological polar surface area (TPSA) is 58.2 Å². The Labute approximate surface area is 105 Å². The van der Waals surface area contributed by atoms with Crippen LogP contribution in [0.3, 0.4) is 0 Å². The first-order chi connectivity index (χ1) is 7.65. The van der Waals surface area contributed by atoms with Gasteiger partial charge in [0, 0.05) is 15.9 Å². The van der Waals surface area contributed by atoms with Crippen molar-refractivity contribution >= 4 is 44.5 Å². The van der Waals surface area contributed by atoms with E-state index in [1.165, 1.54) is 0 Å². The lowest BCUT2D eigenvalue weighted by molar-refractivity contribution is -0.117. The van der Waals surface area contributed by atoms with Crippen LogP contribution in [0.2, 0.25) is 0 Å². The number of thioether (sulfide) groups is 1. The first kappa shape index (κ1) is 11.5. The van der Waals surface area contributed by atoms with E-state index in [0.29, 0.717) is 5.75 Å².